The van der Waals surface area contributed by atoms with Gasteiger partial charge in [0.2, 0.25) is 0 Å². The molecule has 0 spiro atoms. The maximum Gasteiger partial charge on any atom is 0.277 e. The van der Waals surface area contributed by atoms with E-state index >= 15 is 0 Å². The predicted molar refractivity (Wildman–Crippen MR) is 88.5 cm³/mol. The third-order valence-corrected chi connectivity index (χ3v) is 7.86. The Morgan fingerprint density at radius 1 is 1.14 bits per heavy atom. The Balaban J connectivity index is 2.36. The smallest absolute Gasteiger partial charge is 0.254 e. The number of hydrogen-bond donors (Lipinski definition) is 0. The molecule has 0 amide bonds. The van der Waals surface area contributed by atoms with Gasteiger partial charge in [0.25, 0.3) is 10.0 Å². The van der Waals surface area contributed by atoms with E-state index in [1.807, 2.05) is 11.4 Å². The van der Waals surface area contributed by atoms with Crippen LogP contribution in [0.2, 0.25) is 0 Å². The van der Waals surface area contributed by atoms with Gasteiger partial charge in [0.05, 0.1) is 22.2 Å². The molecule has 0 fully saturated rings. The lowest BCUT2D eigenvalue weighted by Crippen LogP contribution is -2.32. The van der Waals surface area contributed by atoms with E-state index in [1.165, 1.54) is 21.9 Å². The predicted octanol–water partition coefficient (Wildman–Crippen LogP) is 3.30. The molecule has 3 rings (SSSR count). The van der Waals surface area contributed by atoms with Crippen molar-refractivity contribution in [2.75, 3.05) is 10.6 Å². The third-order valence-electron chi connectivity index (χ3n) is 3.30. The molecule has 0 radical (unpaired) electrons. The van der Waals surface area contributed by atoms with E-state index in [4.69, 9.17) is 0 Å². The summed E-state index contributed by atoms with van der Waals surface area (Å²) in [4.78, 5) is 0. The van der Waals surface area contributed by atoms with Gasteiger partial charge in [-0.2, -0.15) is 0 Å². The van der Waals surface area contributed by atoms with E-state index in [0.29, 0.717) is 16.9 Å². The Bertz CT molecular complexity index is 851. The first-order valence-corrected chi connectivity index (χ1v) is 10.1. The maximum atomic E-state index is 12.9. The molecule has 0 N–H and O–H groups in total. The second-order valence-corrected chi connectivity index (χ2v) is 8.68. The van der Waals surface area contributed by atoms with Crippen molar-refractivity contribution in [3.63, 3.8) is 0 Å². The van der Waals surface area contributed by atoms with E-state index in [2.05, 4.69) is 0 Å². The molecule has 110 valence electrons. The zero-order chi connectivity index (χ0) is 15.2. The topological polar surface area (TPSA) is 54.5 Å². The number of thiophene rings is 1. The molecule has 1 unspecified atom stereocenters. The molecular formula is C14H13NO3S3. The van der Waals surface area contributed by atoms with Crippen molar-refractivity contribution in [3.8, 4) is 0 Å². The van der Waals surface area contributed by atoms with Gasteiger partial charge < -0.3 is 0 Å². The van der Waals surface area contributed by atoms with Gasteiger partial charge in [-0.3, -0.25) is 4.21 Å². The van der Waals surface area contributed by atoms with Gasteiger partial charge in [0.1, 0.15) is 0 Å². The lowest BCUT2D eigenvalue weighted by Gasteiger charge is -2.30. The first-order valence-electron chi connectivity index (χ1n) is 6.16. The minimum atomic E-state index is -3.83. The molecule has 0 bridgehead atoms. The molecule has 2 heterocycles. The van der Waals surface area contributed by atoms with Gasteiger partial charge >= 0.3 is 0 Å². The van der Waals surface area contributed by atoms with Crippen LogP contribution in [0.25, 0.3) is 5.57 Å². The highest BCUT2D eigenvalue weighted by Crippen LogP contribution is 2.45. The lowest BCUT2D eigenvalue weighted by atomic mass is 10.1. The molecule has 4 nitrogen and oxygen atoms in total. The minimum Gasteiger partial charge on any atom is -0.254 e. The molecule has 21 heavy (non-hydrogen) atoms. The Morgan fingerprint density at radius 2 is 1.81 bits per heavy atom. The fraction of sp³-hybridized carbons (Fsp3) is 0.143. The number of benzene rings is 1. The van der Waals surface area contributed by atoms with Crippen LogP contribution in [0.3, 0.4) is 0 Å². The number of anilines is 2. The van der Waals surface area contributed by atoms with E-state index in [0.717, 1.165) is 5.56 Å². The van der Waals surface area contributed by atoms with Crippen molar-refractivity contribution in [1.82, 2.24) is 0 Å². The Kier molecular flexibility index (Phi) is 3.51. The van der Waals surface area contributed by atoms with E-state index in [1.54, 1.807) is 36.6 Å². The van der Waals surface area contributed by atoms with Crippen LogP contribution in [0.4, 0.5) is 11.4 Å². The zero-order valence-electron chi connectivity index (χ0n) is 11.4. The van der Waals surface area contributed by atoms with Crippen molar-refractivity contribution < 1.29 is 12.6 Å². The quantitative estimate of drug-likeness (QED) is 0.843. The third kappa shape index (κ3) is 2.16. The average molecular weight is 339 g/mol. The van der Waals surface area contributed by atoms with Crippen LogP contribution >= 0.6 is 11.3 Å². The molecule has 1 aromatic carbocycles. The highest BCUT2D eigenvalue weighted by Gasteiger charge is 2.39. The molecular weight excluding hydrogens is 326 g/mol. The summed E-state index contributed by atoms with van der Waals surface area (Å²) in [6, 6.07) is 8.86. The molecule has 2 aromatic rings. The number of allylic oxidation sites excluding steroid dienone is 1. The standard InChI is InChI=1S/C14H13NO3S3/c1-10-12-8-19-9-13(12)15(11-6-4-3-5-7-11)21(17,18)14(10)20(2)16/h3-9H,1-2H3. The summed E-state index contributed by atoms with van der Waals surface area (Å²) in [6.07, 6.45) is 1.40. The number of nitrogens with zero attached hydrogens (tertiary/aromatic N) is 1. The van der Waals surface area contributed by atoms with Crippen LogP contribution in [0.5, 0.6) is 0 Å². The summed E-state index contributed by atoms with van der Waals surface area (Å²) in [5, 5.41) is 3.70. The fourth-order valence-corrected chi connectivity index (χ4v) is 6.80. The summed E-state index contributed by atoms with van der Waals surface area (Å²) in [7, 11) is -5.41. The lowest BCUT2D eigenvalue weighted by molar-refractivity contribution is 0.603. The first kappa shape index (κ1) is 14.5. The average Bonchev–Trinajstić information content (AvgIpc) is 2.87. The highest BCUT2D eigenvalue weighted by molar-refractivity contribution is 8.12. The van der Waals surface area contributed by atoms with Crippen molar-refractivity contribution >= 4 is 49.1 Å². The van der Waals surface area contributed by atoms with Gasteiger partial charge in [-0.15, -0.1) is 11.3 Å². The van der Waals surface area contributed by atoms with E-state index in [9.17, 15) is 12.6 Å². The van der Waals surface area contributed by atoms with E-state index < -0.39 is 20.8 Å². The number of hydrogen-bond acceptors (Lipinski definition) is 4. The number of para-hydroxylation sites is 1. The number of sulfonamides is 1. The van der Waals surface area contributed by atoms with Crippen molar-refractivity contribution in [1.29, 1.82) is 0 Å². The van der Waals surface area contributed by atoms with Crippen LogP contribution in [0, 0.1) is 0 Å². The molecule has 7 heteroatoms. The van der Waals surface area contributed by atoms with Crippen molar-refractivity contribution in [2.24, 2.45) is 0 Å². The molecule has 0 saturated carbocycles. The minimum absolute atomic E-state index is 0.0164. The summed E-state index contributed by atoms with van der Waals surface area (Å²) in [6.45, 7) is 1.71. The highest BCUT2D eigenvalue weighted by atomic mass is 32.3. The molecule has 1 atom stereocenters. The first-order chi connectivity index (χ1) is 9.94. The van der Waals surface area contributed by atoms with Gasteiger partial charge in [0.15, 0.2) is 4.24 Å². The van der Waals surface area contributed by atoms with Crippen LogP contribution in [-0.2, 0) is 20.8 Å². The van der Waals surface area contributed by atoms with Gasteiger partial charge in [-0.1, -0.05) is 18.2 Å². The van der Waals surface area contributed by atoms with Crippen LogP contribution in [-0.4, -0.2) is 18.9 Å². The van der Waals surface area contributed by atoms with Gasteiger partial charge in [-0.05, 0) is 24.6 Å². The van der Waals surface area contributed by atoms with Crippen molar-refractivity contribution in [3.05, 3.63) is 50.9 Å². The fourth-order valence-electron chi connectivity index (χ4n) is 2.45. The maximum absolute atomic E-state index is 12.9. The van der Waals surface area contributed by atoms with E-state index in [-0.39, 0.29) is 4.24 Å². The van der Waals surface area contributed by atoms with Crippen LogP contribution in [0.15, 0.2) is 45.3 Å². The Labute approximate surface area is 130 Å². The zero-order valence-corrected chi connectivity index (χ0v) is 13.9. The SMILES string of the molecule is CC1=C(S(C)=O)S(=O)(=O)N(c2ccccc2)c2cscc21. The Hall–Kier alpha value is -1.44. The molecule has 0 saturated heterocycles. The van der Waals surface area contributed by atoms with Crippen LogP contribution < -0.4 is 4.31 Å². The summed E-state index contributed by atoms with van der Waals surface area (Å²) >= 11 is 1.43. The second-order valence-electron chi connectivity index (χ2n) is 4.64. The number of fused-ring (bicyclic) bond motifs is 1. The van der Waals surface area contributed by atoms with Gasteiger partial charge in [0, 0.05) is 22.6 Å². The van der Waals surface area contributed by atoms with Gasteiger partial charge in [-0.25, -0.2) is 12.7 Å². The molecule has 1 aliphatic heterocycles. The molecule has 1 aromatic heterocycles. The molecule has 0 aliphatic carbocycles. The summed E-state index contributed by atoms with van der Waals surface area (Å²) < 4.78 is 39.1. The summed E-state index contributed by atoms with van der Waals surface area (Å²) in [5.74, 6) is 0. The summed E-state index contributed by atoms with van der Waals surface area (Å²) in [5.41, 5.74) is 2.56. The second kappa shape index (κ2) is 5.08. The van der Waals surface area contributed by atoms with Crippen LogP contribution in [0.1, 0.15) is 12.5 Å². The largest absolute Gasteiger partial charge is 0.277 e. The Morgan fingerprint density at radius 3 is 2.43 bits per heavy atom. The van der Waals surface area contributed by atoms with Crippen molar-refractivity contribution in [2.45, 2.75) is 6.92 Å². The normalized spacial score (nSPS) is 18.5. The molecule has 1 aliphatic rings. The monoisotopic (exact) mass is 339 g/mol. The number of rotatable bonds is 2.